The number of anilines is 1. The van der Waals surface area contributed by atoms with Crippen molar-refractivity contribution in [2.24, 2.45) is 5.92 Å². The molecule has 1 atom stereocenters. The highest BCUT2D eigenvalue weighted by Crippen LogP contribution is 2.31. The van der Waals surface area contributed by atoms with E-state index in [0.29, 0.717) is 11.9 Å². The molecule has 1 saturated heterocycles. The summed E-state index contributed by atoms with van der Waals surface area (Å²) in [5.74, 6) is 1.33. The first-order chi connectivity index (χ1) is 8.16. The van der Waals surface area contributed by atoms with Gasteiger partial charge in [-0.05, 0) is 36.9 Å². The Morgan fingerprint density at radius 2 is 2.24 bits per heavy atom. The SMILES string of the molecule is CC(C)CN1CCCC[C@@H]1c1ccc(N)nc1. The molecule has 3 heteroatoms. The van der Waals surface area contributed by atoms with E-state index in [1.165, 1.54) is 37.9 Å². The van der Waals surface area contributed by atoms with Crippen LogP contribution in [0, 0.1) is 5.92 Å². The topological polar surface area (TPSA) is 42.1 Å². The molecule has 94 valence electrons. The number of nitrogens with two attached hydrogens (primary N) is 1. The maximum absolute atomic E-state index is 5.65. The summed E-state index contributed by atoms with van der Waals surface area (Å²) in [5.41, 5.74) is 6.97. The Balaban J connectivity index is 2.12. The van der Waals surface area contributed by atoms with Gasteiger partial charge in [-0.1, -0.05) is 26.3 Å². The van der Waals surface area contributed by atoms with Crippen LogP contribution in [0.3, 0.4) is 0 Å². The van der Waals surface area contributed by atoms with Crippen LogP contribution in [-0.2, 0) is 0 Å². The van der Waals surface area contributed by atoms with Gasteiger partial charge in [-0.15, -0.1) is 0 Å². The molecule has 1 aromatic heterocycles. The smallest absolute Gasteiger partial charge is 0.123 e. The van der Waals surface area contributed by atoms with Crippen LogP contribution in [0.5, 0.6) is 0 Å². The lowest BCUT2D eigenvalue weighted by molar-refractivity contribution is 0.132. The van der Waals surface area contributed by atoms with E-state index in [0.717, 1.165) is 5.92 Å². The maximum Gasteiger partial charge on any atom is 0.123 e. The predicted molar refractivity (Wildman–Crippen MR) is 71.7 cm³/mol. The second-order valence-corrected chi connectivity index (χ2v) is 5.42. The minimum atomic E-state index is 0.541. The fourth-order valence-corrected chi connectivity index (χ4v) is 2.67. The third-order valence-electron chi connectivity index (χ3n) is 3.41. The van der Waals surface area contributed by atoms with E-state index in [1.54, 1.807) is 0 Å². The normalized spacial score (nSPS) is 21.9. The summed E-state index contributed by atoms with van der Waals surface area (Å²) in [6.07, 6.45) is 5.84. The summed E-state index contributed by atoms with van der Waals surface area (Å²) >= 11 is 0. The Labute approximate surface area is 104 Å². The van der Waals surface area contributed by atoms with Gasteiger partial charge in [0.2, 0.25) is 0 Å². The summed E-state index contributed by atoms with van der Waals surface area (Å²) in [4.78, 5) is 6.82. The maximum atomic E-state index is 5.65. The molecule has 2 heterocycles. The fourth-order valence-electron chi connectivity index (χ4n) is 2.67. The van der Waals surface area contributed by atoms with Crippen LogP contribution in [-0.4, -0.2) is 23.0 Å². The van der Waals surface area contributed by atoms with Crippen molar-refractivity contribution in [3.05, 3.63) is 23.9 Å². The molecule has 2 N–H and O–H groups in total. The molecular formula is C14H23N3. The molecule has 0 radical (unpaired) electrons. The second kappa shape index (κ2) is 5.50. The van der Waals surface area contributed by atoms with Crippen LogP contribution >= 0.6 is 0 Å². The Kier molecular flexibility index (Phi) is 4.00. The van der Waals surface area contributed by atoms with Gasteiger partial charge in [0.25, 0.3) is 0 Å². The van der Waals surface area contributed by atoms with E-state index in [2.05, 4.69) is 29.8 Å². The average molecular weight is 233 g/mol. The number of aromatic nitrogens is 1. The third kappa shape index (κ3) is 3.19. The zero-order chi connectivity index (χ0) is 12.3. The number of nitrogen functional groups attached to an aromatic ring is 1. The van der Waals surface area contributed by atoms with Crippen LogP contribution in [0.4, 0.5) is 5.82 Å². The second-order valence-electron chi connectivity index (χ2n) is 5.42. The number of rotatable bonds is 3. The summed E-state index contributed by atoms with van der Waals surface area (Å²) < 4.78 is 0. The number of likely N-dealkylation sites (tertiary alicyclic amines) is 1. The first-order valence-electron chi connectivity index (χ1n) is 6.62. The molecule has 1 fully saturated rings. The number of pyridine rings is 1. The standard InChI is InChI=1S/C14H23N3/c1-11(2)10-17-8-4-3-5-13(17)12-6-7-14(15)16-9-12/h6-7,9,11,13H,3-5,8,10H2,1-2H3,(H2,15,16)/t13-/m1/s1. The van der Waals surface area contributed by atoms with Crippen LogP contribution in [0.25, 0.3) is 0 Å². The summed E-state index contributed by atoms with van der Waals surface area (Å²) in [5, 5.41) is 0. The van der Waals surface area contributed by atoms with Crippen LogP contribution in [0.2, 0.25) is 0 Å². The molecule has 1 aliphatic rings. The van der Waals surface area contributed by atoms with Gasteiger partial charge in [0, 0.05) is 18.8 Å². The zero-order valence-electron chi connectivity index (χ0n) is 10.9. The summed E-state index contributed by atoms with van der Waals surface area (Å²) in [6.45, 7) is 6.96. The van der Waals surface area contributed by atoms with Crippen molar-refractivity contribution in [1.82, 2.24) is 9.88 Å². The lowest BCUT2D eigenvalue weighted by atomic mass is 9.95. The number of hydrogen-bond acceptors (Lipinski definition) is 3. The molecule has 2 rings (SSSR count). The average Bonchev–Trinajstić information content (AvgIpc) is 2.30. The first kappa shape index (κ1) is 12.4. The van der Waals surface area contributed by atoms with E-state index < -0.39 is 0 Å². The lowest BCUT2D eigenvalue weighted by Gasteiger charge is -2.37. The van der Waals surface area contributed by atoms with Gasteiger partial charge < -0.3 is 5.73 Å². The monoisotopic (exact) mass is 233 g/mol. The van der Waals surface area contributed by atoms with Crippen molar-refractivity contribution < 1.29 is 0 Å². The Morgan fingerprint density at radius 3 is 2.88 bits per heavy atom. The molecule has 0 amide bonds. The summed E-state index contributed by atoms with van der Waals surface area (Å²) in [7, 11) is 0. The Hall–Kier alpha value is -1.09. The largest absolute Gasteiger partial charge is 0.384 e. The molecule has 17 heavy (non-hydrogen) atoms. The molecule has 3 nitrogen and oxygen atoms in total. The van der Waals surface area contributed by atoms with Crippen LogP contribution in [0.15, 0.2) is 18.3 Å². The number of hydrogen-bond donors (Lipinski definition) is 1. The van der Waals surface area contributed by atoms with Gasteiger partial charge in [-0.3, -0.25) is 4.90 Å². The number of piperidine rings is 1. The van der Waals surface area contributed by atoms with Crippen molar-refractivity contribution in [2.75, 3.05) is 18.8 Å². The van der Waals surface area contributed by atoms with Crippen molar-refractivity contribution in [3.63, 3.8) is 0 Å². The van der Waals surface area contributed by atoms with E-state index in [9.17, 15) is 0 Å². The molecule has 0 aliphatic carbocycles. The summed E-state index contributed by atoms with van der Waals surface area (Å²) in [6, 6.07) is 4.59. The first-order valence-corrected chi connectivity index (χ1v) is 6.62. The highest BCUT2D eigenvalue weighted by atomic mass is 15.2. The molecule has 0 aromatic carbocycles. The van der Waals surface area contributed by atoms with Crippen molar-refractivity contribution >= 4 is 5.82 Å². The van der Waals surface area contributed by atoms with E-state index in [1.807, 2.05) is 12.3 Å². The molecular weight excluding hydrogens is 210 g/mol. The number of nitrogens with zero attached hydrogens (tertiary/aromatic N) is 2. The fraction of sp³-hybridized carbons (Fsp3) is 0.643. The molecule has 0 bridgehead atoms. The van der Waals surface area contributed by atoms with Gasteiger partial charge >= 0.3 is 0 Å². The van der Waals surface area contributed by atoms with E-state index >= 15 is 0 Å². The van der Waals surface area contributed by atoms with Crippen LogP contribution in [0.1, 0.15) is 44.7 Å². The van der Waals surface area contributed by atoms with Crippen molar-refractivity contribution in [3.8, 4) is 0 Å². The lowest BCUT2D eigenvalue weighted by Crippen LogP contribution is -2.36. The molecule has 1 aliphatic heterocycles. The molecule has 0 saturated carbocycles. The minimum absolute atomic E-state index is 0.541. The highest BCUT2D eigenvalue weighted by molar-refractivity contribution is 5.30. The highest BCUT2D eigenvalue weighted by Gasteiger charge is 2.24. The van der Waals surface area contributed by atoms with E-state index in [4.69, 9.17) is 5.73 Å². The molecule has 0 unspecified atom stereocenters. The molecule has 0 spiro atoms. The van der Waals surface area contributed by atoms with Gasteiger partial charge in [0.05, 0.1) is 0 Å². The van der Waals surface area contributed by atoms with Gasteiger partial charge in [-0.2, -0.15) is 0 Å². The van der Waals surface area contributed by atoms with Crippen molar-refractivity contribution in [1.29, 1.82) is 0 Å². The van der Waals surface area contributed by atoms with Crippen LogP contribution < -0.4 is 5.73 Å². The zero-order valence-corrected chi connectivity index (χ0v) is 10.9. The molecule has 1 aromatic rings. The van der Waals surface area contributed by atoms with Gasteiger partial charge in [-0.25, -0.2) is 4.98 Å². The predicted octanol–water partition coefficient (Wildman–Crippen LogP) is 2.85. The quantitative estimate of drug-likeness (QED) is 0.873. The minimum Gasteiger partial charge on any atom is -0.384 e. The van der Waals surface area contributed by atoms with E-state index in [-0.39, 0.29) is 0 Å². The third-order valence-corrected chi connectivity index (χ3v) is 3.41. The van der Waals surface area contributed by atoms with Gasteiger partial charge in [0.1, 0.15) is 5.82 Å². The van der Waals surface area contributed by atoms with Crippen molar-refractivity contribution in [2.45, 2.75) is 39.2 Å². The Morgan fingerprint density at radius 1 is 1.41 bits per heavy atom. The van der Waals surface area contributed by atoms with Gasteiger partial charge in [0.15, 0.2) is 0 Å². The Bertz CT molecular complexity index is 345.